The first-order chi connectivity index (χ1) is 10.1. The molecular weight excluding hydrogens is 290 g/mol. The Hall–Kier alpha value is -2.39. The number of fused-ring (bicyclic) bond motifs is 1. The Kier molecular flexibility index (Phi) is 3.35. The maximum atomic E-state index is 12.0. The number of aryl methyl sites for hydroxylation is 1. The number of halogens is 1. The van der Waals surface area contributed by atoms with Crippen LogP contribution in [0.5, 0.6) is 0 Å². The fraction of sp³-hybridized carbons (Fsp3) is 0.286. The van der Waals surface area contributed by atoms with Gasteiger partial charge in [0.25, 0.3) is 5.56 Å². The molecule has 21 heavy (non-hydrogen) atoms. The minimum atomic E-state index is -0.0584. The maximum absolute atomic E-state index is 12.0. The van der Waals surface area contributed by atoms with E-state index in [2.05, 4.69) is 10.1 Å². The number of rotatable bonds is 1. The van der Waals surface area contributed by atoms with Gasteiger partial charge in [-0.25, -0.2) is 9.67 Å². The molecule has 0 saturated carbocycles. The van der Waals surface area contributed by atoms with Crippen LogP contribution >= 0.6 is 11.6 Å². The van der Waals surface area contributed by atoms with Gasteiger partial charge in [-0.05, 0) is 12.5 Å². The predicted molar refractivity (Wildman–Crippen MR) is 78.2 cm³/mol. The van der Waals surface area contributed by atoms with Gasteiger partial charge in [0.15, 0.2) is 0 Å². The Labute approximate surface area is 126 Å². The highest BCUT2D eigenvalue weighted by Gasteiger charge is 2.23. The fourth-order valence-electron chi connectivity index (χ4n) is 2.47. The molecule has 2 aromatic rings. The van der Waals surface area contributed by atoms with Crippen LogP contribution in [0.1, 0.15) is 16.7 Å². The minimum absolute atomic E-state index is 0.0584. The van der Waals surface area contributed by atoms with E-state index >= 15 is 0 Å². The molecule has 0 aliphatic carbocycles. The van der Waals surface area contributed by atoms with Gasteiger partial charge in [-0.1, -0.05) is 11.6 Å². The molecule has 6 nitrogen and oxygen atoms in total. The van der Waals surface area contributed by atoms with E-state index in [1.54, 1.807) is 25.5 Å². The molecular formula is C14H12ClN5O. The molecule has 0 radical (unpaired) electrons. The number of nitrogens with zero attached hydrogens (tertiary/aromatic N) is 5. The van der Waals surface area contributed by atoms with Crippen LogP contribution in [0, 0.1) is 11.3 Å². The van der Waals surface area contributed by atoms with Gasteiger partial charge in [0.2, 0.25) is 0 Å². The van der Waals surface area contributed by atoms with E-state index in [-0.39, 0.29) is 5.56 Å². The van der Waals surface area contributed by atoms with Crippen LogP contribution in [0.25, 0.3) is 0 Å². The van der Waals surface area contributed by atoms with Crippen LogP contribution in [0.2, 0.25) is 5.02 Å². The van der Waals surface area contributed by atoms with E-state index in [1.165, 1.54) is 4.68 Å². The summed E-state index contributed by atoms with van der Waals surface area (Å²) in [6, 6.07) is 3.63. The lowest BCUT2D eigenvalue weighted by molar-refractivity contribution is 0.641. The van der Waals surface area contributed by atoms with Crippen LogP contribution in [-0.2, 0) is 20.0 Å². The van der Waals surface area contributed by atoms with E-state index in [4.69, 9.17) is 16.9 Å². The lowest BCUT2D eigenvalue weighted by atomic mass is 10.0. The van der Waals surface area contributed by atoms with Crippen LogP contribution in [-0.4, -0.2) is 21.3 Å². The average molecular weight is 302 g/mol. The third kappa shape index (κ3) is 2.26. The SMILES string of the molecule is Cn1ncc2c(c1=O)CCN(c1nccc(C#N)c1Cl)C2. The van der Waals surface area contributed by atoms with Crippen molar-refractivity contribution in [2.45, 2.75) is 13.0 Å². The van der Waals surface area contributed by atoms with Crippen LogP contribution in [0.15, 0.2) is 23.3 Å². The Balaban J connectivity index is 2.00. The predicted octanol–water partition coefficient (Wildman–Crippen LogP) is 1.26. The second-order valence-electron chi connectivity index (χ2n) is 4.86. The third-order valence-electron chi connectivity index (χ3n) is 3.61. The van der Waals surface area contributed by atoms with E-state index in [9.17, 15) is 4.79 Å². The molecule has 7 heteroatoms. The summed E-state index contributed by atoms with van der Waals surface area (Å²) in [5.74, 6) is 0.571. The zero-order valence-electron chi connectivity index (χ0n) is 11.4. The summed E-state index contributed by atoms with van der Waals surface area (Å²) >= 11 is 6.22. The van der Waals surface area contributed by atoms with Crippen molar-refractivity contribution in [2.75, 3.05) is 11.4 Å². The zero-order chi connectivity index (χ0) is 15.0. The first-order valence-corrected chi connectivity index (χ1v) is 6.83. The smallest absolute Gasteiger partial charge is 0.270 e. The number of hydrogen-bond acceptors (Lipinski definition) is 5. The highest BCUT2D eigenvalue weighted by Crippen LogP contribution is 2.29. The zero-order valence-corrected chi connectivity index (χ0v) is 12.1. The van der Waals surface area contributed by atoms with Crippen LogP contribution in [0.3, 0.4) is 0 Å². The highest BCUT2D eigenvalue weighted by atomic mass is 35.5. The Morgan fingerprint density at radius 2 is 2.29 bits per heavy atom. The fourth-order valence-corrected chi connectivity index (χ4v) is 2.75. The molecule has 3 heterocycles. The maximum Gasteiger partial charge on any atom is 0.270 e. The van der Waals surface area contributed by atoms with Gasteiger partial charge in [0.05, 0.1) is 11.8 Å². The quantitative estimate of drug-likeness (QED) is 0.793. The lowest BCUT2D eigenvalue weighted by Gasteiger charge is -2.29. The van der Waals surface area contributed by atoms with Crippen molar-refractivity contribution < 1.29 is 0 Å². The standard InChI is InChI=1S/C14H12ClN5O/c1-19-14(21)11-3-5-20(8-10(11)7-18-19)13-12(15)9(6-16)2-4-17-13/h2,4,7H,3,5,8H2,1H3. The molecule has 2 aromatic heterocycles. The summed E-state index contributed by atoms with van der Waals surface area (Å²) in [5.41, 5.74) is 2.01. The van der Waals surface area contributed by atoms with Crippen LogP contribution < -0.4 is 10.5 Å². The number of anilines is 1. The molecule has 0 unspecified atom stereocenters. The average Bonchev–Trinajstić information content (AvgIpc) is 2.51. The summed E-state index contributed by atoms with van der Waals surface area (Å²) in [4.78, 5) is 18.2. The van der Waals surface area contributed by atoms with Gasteiger partial charge in [0.1, 0.15) is 16.9 Å². The normalized spacial score (nSPS) is 13.7. The summed E-state index contributed by atoms with van der Waals surface area (Å²) in [5, 5.41) is 13.4. The van der Waals surface area contributed by atoms with Gasteiger partial charge < -0.3 is 4.90 Å². The van der Waals surface area contributed by atoms with Crippen molar-refractivity contribution in [3.8, 4) is 6.07 Å². The molecule has 1 aliphatic heterocycles. The number of nitriles is 1. The number of aromatic nitrogens is 3. The van der Waals surface area contributed by atoms with Crippen LogP contribution in [0.4, 0.5) is 5.82 Å². The summed E-state index contributed by atoms with van der Waals surface area (Å²) < 4.78 is 1.34. The Morgan fingerprint density at radius 1 is 1.48 bits per heavy atom. The second-order valence-corrected chi connectivity index (χ2v) is 5.23. The second kappa shape index (κ2) is 5.19. The van der Waals surface area contributed by atoms with E-state index in [0.717, 1.165) is 11.1 Å². The Morgan fingerprint density at radius 3 is 3.05 bits per heavy atom. The van der Waals surface area contributed by atoms with Gasteiger partial charge in [-0.15, -0.1) is 0 Å². The van der Waals surface area contributed by atoms with Crippen molar-refractivity contribution in [1.82, 2.24) is 14.8 Å². The first kappa shape index (κ1) is 13.6. The monoisotopic (exact) mass is 301 g/mol. The van der Waals surface area contributed by atoms with Crippen molar-refractivity contribution in [2.24, 2.45) is 7.05 Å². The molecule has 3 rings (SSSR count). The lowest BCUT2D eigenvalue weighted by Crippen LogP contribution is -2.37. The summed E-state index contributed by atoms with van der Waals surface area (Å²) in [6.07, 6.45) is 3.88. The molecule has 106 valence electrons. The molecule has 0 aromatic carbocycles. The number of hydrogen-bond donors (Lipinski definition) is 0. The van der Waals surface area contributed by atoms with Gasteiger partial charge in [-0.3, -0.25) is 4.79 Å². The van der Waals surface area contributed by atoms with Crippen molar-refractivity contribution in [1.29, 1.82) is 5.26 Å². The minimum Gasteiger partial charge on any atom is -0.351 e. The molecule has 1 aliphatic rings. The molecule has 0 bridgehead atoms. The molecule has 0 N–H and O–H groups in total. The molecule has 0 atom stereocenters. The largest absolute Gasteiger partial charge is 0.351 e. The third-order valence-corrected chi connectivity index (χ3v) is 3.98. The van der Waals surface area contributed by atoms with Crippen molar-refractivity contribution in [3.05, 3.63) is 50.5 Å². The first-order valence-electron chi connectivity index (χ1n) is 6.45. The summed E-state index contributed by atoms with van der Waals surface area (Å²) in [6.45, 7) is 1.15. The topological polar surface area (TPSA) is 74.8 Å². The van der Waals surface area contributed by atoms with Crippen molar-refractivity contribution in [3.63, 3.8) is 0 Å². The molecule has 0 fully saturated rings. The highest BCUT2D eigenvalue weighted by molar-refractivity contribution is 6.34. The van der Waals surface area contributed by atoms with Crippen molar-refractivity contribution >= 4 is 17.4 Å². The number of pyridine rings is 1. The molecule has 0 spiro atoms. The summed E-state index contributed by atoms with van der Waals surface area (Å²) in [7, 11) is 1.64. The van der Waals surface area contributed by atoms with Gasteiger partial charge in [-0.2, -0.15) is 10.4 Å². The van der Waals surface area contributed by atoms with Gasteiger partial charge in [0, 0.05) is 37.5 Å². The van der Waals surface area contributed by atoms with E-state index < -0.39 is 0 Å². The molecule has 0 amide bonds. The van der Waals surface area contributed by atoms with E-state index in [0.29, 0.717) is 35.9 Å². The van der Waals surface area contributed by atoms with E-state index in [1.807, 2.05) is 11.0 Å². The van der Waals surface area contributed by atoms with Gasteiger partial charge >= 0.3 is 0 Å². The Bertz CT molecular complexity index is 808. The molecule has 0 saturated heterocycles.